The first kappa shape index (κ1) is 13.5. The Kier molecular flexibility index (Phi) is 3.60. The molecule has 0 radical (unpaired) electrons. The van der Waals surface area contributed by atoms with Gasteiger partial charge in [-0.05, 0) is 18.6 Å². The number of ether oxygens (including phenoxy) is 2. The topological polar surface area (TPSA) is 126 Å². The molecule has 2 N–H and O–H groups in total. The summed E-state index contributed by atoms with van der Waals surface area (Å²) in [5, 5.41) is 10.9. The molecule has 9 nitrogen and oxygen atoms in total. The van der Waals surface area contributed by atoms with E-state index in [1.54, 1.807) is 13.0 Å². The number of rotatable bonds is 4. The molecule has 0 aliphatic rings. The summed E-state index contributed by atoms with van der Waals surface area (Å²) in [6.45, 7) is 1.78. The third kappa shape index (κ3) is 2.88. The fourth-order valence-corrected chi connectivity index (χ4v) is 1.44. The van der Waals surface area contributed by atoms with E-state index in [0.29, 0.717) is 0 Å². The second kappa shape index (κ2) is 5.34. The zero-order valence-corrected chi connectivity index (χ0v) is 10.7. The quantitative estimate of drug-likeness (QED) is 0.657. The Morgan fingerprint density at radius 2 is 1.95 bits per heavy atom. The number of hydrogen-bond donors (Lipinski definition) is 1. The van der Waals surface area contributed by atoms with E-state index in [0.717, 1.165) is 5.56 Å². The monoisotopic (exact) mass is 277 g/mol. The minimum Gasteiger partial charge on any atom is -0.467 e. The average molecular weight is 277 g/mol. The molecule has 0 saturated carbocycles. The van der Waals surface area contributed by atoms with Crippen LogP contribution in [0.15, 0.2) is 18.2 Å². The Morgan fingerprint density at radius 1 is 1.25 bits per heavy atom. The highest BCUT2D eigenvalue weighted by atomic mass is 16.6. The molecule has 0 aliphatic carbocycles. The van der Waals surface area contributed by atoms with Gasteiger partial charge in [-0.3, -0.25) is 10.1 Å². The number of benzene rings is 1. The molecule has 0 amide bonds. The first-order chi connectivity index (χ1) is 9.49. The Hall–Kier alpha value is -2.97. The second-order valence-electron chi connectivity index (χ2n) is 3.79. The standard InChI is InChI=1S/C11H11N5O4/c1-6-3-4-7(16(17)18)8(5-6)20-11-14-9(12)13-10(15-11)19-2/h3-5H,1-2H3,(H2,12,13,14,15). The molecular weight excluding hydrogens is 266 g/mol. The summed E-state index contributed by atoms with van der Waals surface area (Å²) >= 11 is 0. The molecule has 0 saturated heterocycles. The van der Waals surface area contributed by atoms with Gasteiger partial charge >= 0.3 is 17.7 Å². The van der Waals surface area contributed by atoms with Crippen LogP contribution in [0.4, 0.5) is 11.6 Å². The number of aromatic nitrogens is 3. The van der Waals surface area contributed by atoms with Gasteiger partial charge in [-0.15, -0.1) is 4.98 Å². The number of nitrogens with two attached hydrogens (primary N) is 1. The van der Waals surface area contributed by atoms with Crippen LogP contribution in [0.1, 0.15) is 5.56 Å². The normalized spacial score (nSPS) is 10.1. The van der Waals surface area contributed by atoms with E-state index in [4.69, 9.17) is 15.2 Å². The molecule has 0 spiro atoms. The predicted octanol–water partition coefficient (Wildman–Crippen LogP) is 1.47. The van der Waals surface area contributed by atoms with Crippen LogP contribution in [0.3, 0.4) is 0 Å². The van der Waals surface area contributed by atoms with Gasteiger partial charge in [0, 0.05) is 6.07 Å². The number of nitro groups is 1. The van der Waals surface area contributed by atoms with Crippen molar-refractivity contribution in [1.82, 2.24) is 15.0 Å². The van der Waals surface area contributed by atoms with Crippen LogP contribution in [-0.2, 0) is 0 Å². The van der Waals surface area contributed by atoms with Gasteiger partial charge < -0.3 is 15.2 Å². The largest absolute Gasteiger partial charge is 0.467 e. The fraction of sp³-hybridized carbons (Fsp3) is 0.182. The van der Waals surface area contributed by atoms with Crippen molar-refractivity contribution in [3.05, 3.63) is 33.9 Å². The minimum atomic E-state index is -0.559. The van der Waals surface area contributed by atoms with Gasteiger partial charge in [0.2, 0.25) is 11.7 Å². The molecule has 0 aliphatic heterocycles. The van der Waals surface area contributed by atoms with Gasteiger partial charge in [0.1, 0.15) is 0 Å². The number of methoxy groups -OCH3 is 1. The summed E-state index contributed by atoms with van der Waals surface area (Å²) < 4.78 is 10.1. The zero-order valence-electron chi connectivity index (χ0n) is 10.7. The highest BCUT2D eigenvalue weighted by Gasteiger charge is 2.17. The van der Waals surface area contributed by atoms with E-state index in [1.165, 1.54) is 19.2 Å². The third-order valence-corrected chi connectivity index (χ3v) is 2.31. The number of anilines is 1. The molecule has 2 rings (SSSR count). The van der Waals surface area contributed by atoms with E-state index in [9.17, 15) is 10.1 Å². The van der Waals surface area contributed by atoms with Crippen molar-refractivity contribution in [3.8, 4) is 17.8 Å². The number of nitro benzene ring substituents is 1. The molecule has 104 valence electrons. The molecule has 1 aromatic carbocycles. The molecule has 9 heteroatoms. The van der Waals surface area contributed by atoms with Crippen molar-refractivity contribution in [2.24, 2.45) is 0 Å². The van der Waals surface area contributed by atoms with Gasteiger partial charge in [-0.2, -0.15) is 9.97 Å². The van der Waals surface area contributed by atoms with Crippen molar-refractivity contribution < 1.29 is 14.4 Å². The summed E-state index contributed by atoms with van der Waals surface area (Å²) in [6.07, 6.45) is 0. The average Bonchev–Trinajstić information content (AvgIpc) is 2.37. The number of nitrogen functional groups attached to an aromatic ring is 1. The third-order valence-electron chi connectivity index (χ3n) is 2.31. The highest BCUT2D eigenvalue weighted by Crippen LogP contribution is 2.31. The van der Waals surface area contributed by atoms with E-state index in [1.807, 2.05) is 0 Å². The second-order valence-corrected chi connectivity index (χ2v) is 3.79. The van der Waals surface area contributed by atoms with Crippen molar-refractivity contribution in [1.29, 1.82) is 0 Å². The van der Waals surface area contributed by atoms with Crippen LogP contribution in [0.25, 0.3) is 0 Å². The lowest BCUT2D eigenvalue weighted by Crippen LogP contribution is -2.03. The molecule has 1 heterocycles. The summed E-state index contributed by atoms with van der Waals surface area (Å²) in [4.78, 5) is 21.6. The smallest absolute Gasteiger partial charge is 0.330 e. The summed E-state index contributed by atoms with van der Waals surface area (Å²) in [7, 11) is 1.35. The number of nitrogens with zero attached hydrogens (tertiary/aromatic N) is 4. The van der Waals surface area contributed by atoms with Crippen LogP contribution >= 0.6 is 0 Å². The first-order valence-corrected chi connectivity index (χ1v) is 5.48. The van der Waals surface area contributed by atoms with Crippen LogP contribution in [0.2, 0.25) is 0 Å². The van der Waals surface area contributed by atoms with E-state index < -0.39 is 4.92 Å². The van der Waals surface area contributed by atoms with Crippen LogP contribution in [-0.4, -0.2) is 27.0 Å². The Balaban J connectivity index is 2.41. The Bertz CT molecular complexity index is 661. The molecule has 20 heavy (non-hydrogen) atoms. The van der Waals surface area contributed by atoms with Crippen LogP contribution < -0.4 is 15.2 Å². The predicted molar refractivity (Wildman–Crippen MR) is 68.7 cm³/mol. The van der Waals surface area contributed by atoms with E-state index in [2.05, 4.69) is 15.0 Å². The lowest BCUT2D eigenvalue weighted by Gasteiger charge is -2.06. The van der Waals surface area contributed by atoms with Crippen molar-refractivity contribution in [2.75, 3.05) is 12.8 Å². The maximum Gasteiger partial charge on any atom is 0.330 e. The van der Waals surface area contributed by atoms with Gasteiger partial charge in [0.25, 0.3) is 0 Å². The van der Waals surface area contributed by atoms with Crippen LogP contribution in [0, 0.1) is 17.0 Å². The Morgan fingerprint density at radius 3 is 2.60 bits per heavy atom. The van der Waals surface area contributed by atoms with Gasteiger partial charge in [0.05, 0.1) is 12.0 Å². The summed E-state index contributed by atoms with van der Waals surface area (Å²) in [5.74, 6) is -0.0928. The SMILES string of the molecule is COc1nc(N)nc(Oc2cc(C)ccc2[N+](=O)[O-])n1. The molecule has 0 fully saturated rings. The number of hydrogen-bond acceptors (Lipinski definition) is 8. The molecule has 0 atom stereocenters. The maximum absolute atomic E-state index is 10.9. The maximum atomic E-state index is 10.9. The minimum absolute atomic E-state index is 0.0163. The van der Waals surface area contributed by atoms with Crippen LogP contribution in [0.5, 0.6) is 17.8 Å². The summed E-state index contributed by atoms with van der Waals surface area (Å²) in [5.41, 5.74) is 6.05. The van der Waals surface area contributed by atoms with Crippen molar-refractivity contribution >= 4 is 11.6 Å². The fourth-order valence-electron chi connectivity index (χ4n) is 1.44. The highest BCUT2D eigenvalue weighted by molar-refractivity contribution is 5.49. The van der Waals surface area contributed by atoms with Crippen molar-refractivity contribution in [3.63, 3.8) is 0 Å². The lowest BCUT2D eigenvalue weighted by atomic mass is 10.2. The van der Waals surface area contributed by atoms with E-state index >= 15 is 0 Å². The molecule has 2 aromatic rings. The first-order valence-electron chi connectivity index (χ1n) is 5.48. The molecule has 0 bridgehead atoms. The zero-order chi connectivity index (χ0) is 14.7. The molecular formula is C11H11N5O4. The lowest BCUT2D eigenvalue weighted by molar-refractivity contribution is -0.385. The molecule has 1 aromatic heterocycles. The van der Waals surface area contributed by atoms with Crippen molar-refractivity contribution in [2.45, 2.75) is 6.92 Å². The van der Waals surface area contributed by atoms with Gasteiger partial charge in [-0.25, -0.2) is 0 Å². The Labute approximate surface area is 113 Å². The van der Waals surface area contributed by atoms with Gasteiger partial charge in [-0.1, -0.05) is 6.07 Å². The number of aryl methyl sites for hydroxylation is 1. The molecule has 0 unspecified atom stereocenters. The van der Waals surface area contributed by atoms with Gasteiger partial charge in [0.15, 0.2) is 0 Å². The van der Waals surface area contributed by atoms with E-state index in [-0.39, 0.29) is 29.4 Å². The summed E-state index contributed by atoms with van der Waals surface area (Å²) in [6, 6.07) is 4.23.